The molecule has 1 fully saturated rings. The summed E-state index contributed by atoms with van der Waals surface area (Å²) in [5.41, 5.74) is -0.582. The van der Waals surface area contributed by atoms with Crippen LogP contribution in [0, 0.1) is 17.3 Å². The van der Waals surface area contributed by atoms with Crippen LogP contribution >= 0.6 is 0 Å². The summed E-state index contributed by atoms with van der Waals surface area (Å²) in [6.45, 7) is 8.14. The van der Waals surface area contributed by atoms with Gasteiger partial charge in [0.05, 0.1) is 5.41 Å². The quantitative estimate of drug-likeness (QED) is 0.727. The van der Waals surface area contributed by atoms with Crippen LogP contribution in [0.5, 0.6) is 0 Å². The lowest BCUT2D eigenvalue weighted by atomic mass is 9.78. The predicted molar refractivity (Wildman–Crippen MR) is 74.9 cm³/mol. The monoisotopic (exact) mass is 283 g/mol. The van der Waals surface area contributed by atoms with Crippen molar-refractivity contribution >= 4 is 17.8 Å². The van der Waals surface area contributed by atoms with E-state index in [1.807, 2.05) is 27.7 Å². The summed E-state index contributed by atoms with van der Waals surface area (Å²) in [7, 11) is 0. The molecule has 1 aliphatic heterocycles. The summed E-state index contributed by atoms with van der Waals surface area (Å²) >= 11 is 0. The normalized spacial score (nSPS) is 24.6. The third-order valence-corrected chi connectivity index (χ3v) is 4.52. The van der Waals surface area contributed by atoms with Gasteiger partial charge in [0.1, 0.15) is 0 Å². The highest BCUT2D eigenvalue weighted by atomic mass is 16.4. The number of likely N-dealkylation sites (tertiary alicyclic amines) is 1. The molecule has 2 amide bonds. The van der Waals surface area contributed by atoms with Crippen LogP contribution in [0.1, 0.15) is 53.4 Å². The number of rotatable bonds is 7. The second-order valence-corrected chi connectivity index (χ2v) is 6.43. The summed E-state index contributed by atoms with van der Waals surface area (Å²) in [4.78, 5) is 36.2. The first kappa shape index (κ1) is 16.7. The molecule has 0 aliphatic carbocycles. The topological polar surface area (TPSA) is 74.7 Å². The van der Waals surface area contributed by atoms with E-state index in [1.165, 1.54) is 4.90 Å². The minimum absolute atomic E-state index is 0.0806. The average molecular weight is 283 g/mol. The lowest BCUT2D eigenvalue weighted by Crippen LogP contribution is -2.37. The number of carboxylic acid groups (broad SMARTS) is 1. The molecule has 2 atom stereocenters. The number of carbonyl (C=O) groups excluding carboxylic acids is 2. The number of carboxylic acids is 1. The molecule has 1 heterocycles. The molecule has 5 nitrogen and oxygen atoms in total. The fourth-order valence-electron chi connectivity index (χ4n) is 2.45. The van der Waals surface area contributed by atoms with E-state index < -0.39 is 11.4 Å². The number of imide groups is 1. The molecule has 0 bridgehead atoms. The zero-order chi connectivity index (χ0) is 15.5. The van der Waals surface area contributed by atoms with Crippen LogP contribution in [0.2, 0.25) is 0 Å². The Morgan fingerprint density at radius 1 is 1.30 bits per heavy atom. The van der Waals surface area contributed by atoms with Crippen molar-refractivity contribution in [3.05, 3.63) is 0 Å². The average Bonchev–Trinajstić information content (AvgIpc) is 2.57. The van der Waals surface area contributed by atoms with Gasteiger partial charge in [0.25, 0.3) is 0 Å². The van der Waals surface area contributed by atoms with E-state index in [0.717, 1.165) is 0 Å². The van der Waals surface area contributed by atoms with Gasteiger partial charge in [0.15, 0.2) is 0 Å². The molecule has 1 saturated heterocycles. The van der Waals surface area contributed by atoms with Gasteiger partial charge in [-0.25, -0.2) is 0 Å². The fourth-order valence-corrected chi connectivity index (χ4v) is 2.45. The molecule has 0 aromatic rings. The third-order valence-electron chi connectivity index (χ3n) is 4.52. The van der Waals surface area contributed by atoms with E-state index in [1.54, 1.807) is 0 Å². The summed E-state index contributed by atoms with van der Waals surface area (Å²) in [6, 6.07) is 0. The van der Waals surface area contributed by atoms with Gasteiger partial charge in [-0.2, -0.15) is 0 Å². The molecule has 0 aromatic heterocycles. The van der Waals surface area contributed by atoms with Crippen molar-refractivity contribution in [3.63, 3.8) is 0 Å². The molecular weight excluding hydrogens is 258 g/mol. The maximum absolute atomic E-state index is 12.4. The Morgan fingerprint density at radius 3 is 2.35 bits per heavy atom. The Morgan fingerprint density at radius 2 is 1.90 bits per heavy atom. The van der Waals surface area contributed by atoms with Gasteiger partial charge in [0.2, 0.25) is 11.8 Å². The Bertz CT molecular complexity index is 405. The van der Waals surface area contributed by atoms with Gasteiger partial charge < -0.3 is 5.11 Å². The number of carbonyl (C=O) groups is 3. The Hall–Kier alpha value is -1.39. The minimum atomic E-state index is -0.808. The molecule has 0 spiro atoms. The molecule has 1 rings (SSSR count). The molecule has 20 heavy (non-hydrogen) atoms. The van der Waals surface area contributed by atoms with Crippen LogP contribution < -0.4 is 0 Å². The van der Waals surface area contributed by atoms with Crippen LogP contribution in [0.3, 0.4) is 0 Å². The number of hydrogen-bond acceptors (Lipinski definition) is 3. The van der Waals surface area contributed by atoms with Crippen molar-refractivity contribution < 1.29 is 19.5 Å². The highest BCUT2D eigenvalue weighted by Gasteiger charge is 2.49. The molecule has 0 aromatic carbocycles. The largest absolute Gasteiger partial charge is 0.481 e. The second kappa shape index (κ2) is 6.37. The standard InChI is InChI=1S/C15H25NO4/c1-10(2)15(4)9-12(17)16(14(15)20)8-7-11(3)5-6-13(18)19/h10-11H,5-9H2,1-4H3,(H,18,19). The zero-order valence-electron chi connectivity index (χ0n) is 12.8. The van der Waals surface area contributed by atoms with E-state index in [-0.39, 0.29) is 36.5 Å². The molecule has 114 valence electrons. The maximum atomic E-state index is 12.4. The Labute approximate surface area is 120 Å². The smallest absolute Gasteiger partial charge is 0.303 e. The predicted octanol–water partition coefficient (Wildman–Crippen LogP) is 2.30. The van der Waals surface area contributed by atoms with E-state index in [0.29, 0.717) is 19.4 Å². The molecule has 0 saturated carbocycles. The van der Waals surface area contributed by atoms with E-state index >= 15 is 0 Å². The number of nitrogens with zero attached hydrogens (tertiary/aromatic N) is 1. The Balaban J connectivity index is 2.54. The molecule has 2 unspecified atom stereocenters. The van der Waals surface area contributed by atoms with Gasteiger partial charge in [-0.15, -0.1) is 0 Å². The van der Waals surface area contributed by atoms with Crippen LogP contribution in [0.15, 0.2) is 0 Å². The van der Waals surface area contributed by atoms with Crippen LogP contribution in [0.25, 0.3) is 0 Å². The highest BCUT2D eigenvalue weighted by molar-refractivity contribution is 6.05. The van der Waals surface area contributed by atoms with Crippen molar-refractivity contribution in [2.75, 3.05) is 6.54 Å². The molecule has 5 heteroatoms. The number of amides is 2. The van der Waals surface area contributed by atoms with Gasteiger partial charge in [-0.3, -0.25) is 19.3 Å². The van der Waals surface area contributed by atoms with E-state index in [2.05, 4.69) is 0 Å². The van der Waals surface area contributed by atoms with E-state index in [9.17, 15) is 14.4 Å². The van der Waals surface area contributed by atoms with Crippen molar-refractivity contribution in [1.82, 2.24) is 4.90 Å². The molecule has 1 aliphatic rings. The zero-order valence-corrected chi connectivity index (χ0v) is 12.8. The minimum Gasteiger partial charge on any atom is -0.481 e. The highest BCUT2D eigenvalue weighted by Crippen LogP contribution is 2.39. The molecular formula is C15H25NO4. The SMILES string of the molecule is CC(CCC(=O)O)CCN1C(=O)CC(C)(C(C)C)C1=O. The first-order valence-electron chi connectivity index (χ1n) is 7.25. The fraction of sp³-hybridized carbons (Fsp3) is 0.800. The number of hydrogen-bond donors (Lipinski definition) is 1. The van der Waals surface area contributed by atoms with Gasteiger partial charge in [-0.1, -0.05) is 20.8 Å². The first-order valence-corrected chi connectivity index (χ1v) is 7.25. The molecule has 1 N–H and O–H groups in total. The molecule has 0 radical (unpaired) electrons. The van der Waals surface area contributed by atoms with Crippen molar-refractivity contribution in [2.45, 2.75) is 53.4 Å². The lowest BCUT2D eigenvalue weighted by Gasteiger charge is -2.26. The number of aliphatic carboxylic acids is 1. The lowest BCUT2D eigenvalue weighted by molar-refractivity contribution is -0.142. The third kappa shape index (κ3) is 3.58. The van der Waals surface area contributed by atoms with Gasteiger partial charge in [0, 0.05) is 19.4 Å². The van der Waals surface area contributed by atoms with Crippen LogP contribution in [-0.2, 0) is 14.4 Å². The maximum Gasteiger partial charge on any atom is 0.303 e. The summed E-state index contributed by atoms with van der Waals surface area (Å²) in [5, 5.41) is 8.64. The first-order chi connectivity index (χ1) is 9.18. The second-order valence-electron chi connectivity index (χ2n) is 6.43. The van der Waals surface area contributed by atoms with Gasteiger partial charge in [-0.05, 0) is 31.6 Å². The summed E-state index contributed by atoms with van der Waals surface area (Å²) in [5.74, 6) is -0.664. The van der Waals surface area contributed by atoms with Crippen molar-refractivity contribution in [2.24, 2.45) is 17.3 Å². The van der Waals surface area contributed by atoms with Gasteiger partial charge >= 0.3 is 5.97 Å². The van der Waals surface area contributed by atoms with E-state index in [4.69, 9.17) is 5.11 Å². The summed E-state index contributed by atoms with van der Waals surface area (Å²) in [6.07, 6.45) is 1.66. The Kier molecular flexibility index (Phi) is 5.31. The van der Waals surface area contributed by atoms with Crippen LogP contribution in [0.4, 0.5) is 0 Å². The van der Waals surface area contributed by atoms with Crippen LogP contribution in [-0.4, -0.2) is 34.3 Å². The van der Waals surface area contributed by atoms with Crippen molar-refractivity contribution in [3.8, 4) is 0 Å². The van der Waals surface area contributed by atoms with Crippen molar-refractivity contribution in [1.29, 1.82) is 0 Å². The summed E-state index contributed by atoms with van der Waals surface area (Å²) < 4.78 is 0.